The molecule has 0 aliphatic carbocycles. The van der Waals surface area contributed by atoms with Gasteiger partial charge in [-0.1, -0.05) is 50.1 Å². The maximum Gasteiger partial charge on any atom is 0.339 e. The number of thioether (sulfide) groups is 1. The molecule has 1 aliphatic heterocycles. The summed E-state index contributed by atoms with van der Waals surface area (Å²) < 4.78 is 0. The van der Waals surface area contributed by atoms with Crippen molar-refractivity contribution in [1.82, 2.24) is 5.43 Å². The molecule has 3 N–H and O–H groups in total. The number of benzene rings is 3. The van der Waals surface area contributed by atoms with Gasteiger partial charge in [-0.3, -0.25) is 4.79 Å². The van der Waals surface area contributed by atoms with E-state index >= 15 is 0 Å². The Labute approximate surface area is 232 Å². The number of rotatable bonds is 12. The Bertz CT molecular complexity index is 1340. The molecule has 0 spiro atoms. The van der Waals surface area contributed by atoms with Gasteiger partial charge in [-0.2, -0.15) is 5.10 Å². The summed E-state index contributed by atoms with van der Waals surface area (Å²) in [6.45, 7) is 2.72. The van der Waals surface area contributed by atoms with Gasteiger partial charge in [0.05, 0.1) is 11.3 Å². The minimum Gasteiger partial charge on any atom is -0.478 e. The van der Waals surface area contributed by atoms with Crippen molar-refractivity contribution < 1.29 is 19.5 Å². The molecule has 202 valence electrons. The van der Waals surface area contributed by atoms with Crippen molar-refractivity contribution in [3.05, 3.63) is 89.5 Å². The number of urea groups is 1. The summed E-state index contributed by atoms with van der Waals surface area (Å²) in [5.41, 5.74) is 6.24. The van der Waals surface area contributed by atoms with Crippen LogP contribution in [0.25, 0.3) is 0 Å². The Morgan fingerprint density at radius 2 is 1.74 bits per heavy atom. The molecule has 0 fully saturated rings. The number of aromatic carboxylic acids is 1. The number of aryl methyl sites for hydroxylation is 1. The predicted molar refractivity (Wildman–Crippen MR) is 156 cm³/mol. The minimum atomic E-state index is -0.925. The average Bonchev–Trinajstić information content (AvgIpc) is 3.20. The number of fused-ring (bicyclic) bond motifs is 1. The SMILES string of the molecule is CCCCCN1C(=O)/C(=N/NC(=O)Nc2ccccc2)c2cc(SCCCc3ccc(C(=O)O)cc3)ccc21. The molecular weight excluding hydrogens is 512 g/mol. The Morgan fingerprint density at radius 3 is 2.46 bits per heavy atom. The number of anilines is 2. The van der Waals surface area contributed by atoms with Crippen molar-refractivity contribution in [1.29, 1.82) is 0 Å². The van der Waals surface area contributed by atoms with Crippen LogP contribution in [0.4, 0.5) is 16.2 Å². The van der Waals surface area contributed by atoms with Crippen molar-refractivity contribution in [2.24, 2.45) is 5.10 Å². The van der Waals surface area contributed by atoms with Crippen molar-refractivity contribution in [2.75, 3.05) is 22.5 Å². The van der Waals surface area contributed by atoms with Crippen LogP contribution in [-0.2, 0) is 11.2 Å². The molecule has 0 aromatic heterocycles. The van der Waals surface area contributed by atoms with Crippen molar-refractivity contribution in [3.8, 4) is 0 Å². The molecule has 3 aromatic rings. The maximum absolute atomic E-state index is 13.3. The fourth-order valence-electron chi connectivity index (χ4n) is 4.30. The highest BCUT2D eigenvalue weighted by Crippen LogP contribution is 2.33. The number of carboxylic acids is 1. The van der Waals surface area contributed by atoms with E-state index in [0.717, 1.165) is 54.0 Å². The Balaban J connectivity index is 1.43. The van der Waals surface area contributed by atoms with E-state index in [9.17, 15) is 14.4 Å². The molecule has 0 saturated heterocycles. The van der Waals surface area contributed by atoms with E-state index < -0.39 is 12.0 Å². The number of amides is 3. The number of carbonyl (C=O) groups is 3. The first-order chi connectivity index (χ1) is 19.0. The second-order valence-electron chi connectivity index (χ2n) is 9.19. The topological polar surface area (TPSA) is 111 Å². The summed E-state index contributed by atoms with van der Waals surface area (Å²) >= 11 is 1.69. The Kier molecular flexibility index (Phi) is 9.74. The van der Waals surface area contributed by atoms with Crippen LogP contribution in [0.5, 0.6) is 0 Å². The van der Waals surface area contributed by atoms with Gasteiger partial charge in [0.25, 0.3) is 5.91 Å². The third-order valence-corrected chi connectivity index (χ3v) is 7.41. The number of para-hydroxylation sites is 1. The molecular formula is C30H32N4O4S. The van der Waals surface area contributed by atoms with Crippen LogP contribution >= 0.6 is 11.8 Å². The summed E-state index contributed by atoms with van der Waals surface area (Å²) in [5.74, 6) is -0.281. The molecule has 0 saturated carbocycles. The summed E-state index contributed by atoms with van der Waals surface area (Å²) in [5, 5.41) is 16.0. The zero-order valence-corrected chi connectivity index (χ0v) is 22.7. The Morgan fingerprint density at radius 1 is 0.974 bits per heavy atom. The fraction of sp³-hybridized carbons (Fsp3) is 0.267. The third-order valence-electron chi connectivity index (χ3n) is 6.33. The van der Waals surface area contributed by atoms with Crippen LogP contribution in [0.3, 0.4) is 0 Å². The summed E-state index contributed by atoms with van der Waals surface area (Å²) in [6.07, 6.45) is 4.72. The molecule has 0 atom stereocenters. The maximum atomic E-state index is 13.3. The first kappa shape index (κ1) is 27.9. The smallest absolute Gasteiger partial charge is 0.339 e. The van der Waals surface area contributed by atoms with Crippen LogP contribution in [0.1, 0.15) is 54.1 Å². The van der Waals surface area contributed by atoms with Crippen molar-refractivity contribution in [2.45, 2.75) is 43.9 Å². The van der Waals surface area contributed by atoms with Crippen molar-refractivity contribution >= 4 is 46.8 Å². The van der Waals surface area contributed by atoms with E-state index in [0.29, 0.717) is 17.8 Å². The zero-order valence-electron chi connectivity index (χ0n) is 21.9. The second kappa shape index (κ2) is 13.6. The largest absolute Gasteiger partial charge is 0.478 e. The van der Waals surface area contributed by atoms with E-state index in [2.05, 4.69) is 22.8 Å². The first-order valence-electron chi connectivity index (χ1n) is 13.1. The lowest BCUT2D eigenvalue weighted by Gasteiger charge is -2.16. The van der Waals surface area contributed by atoms with E-state index in [1.165, 1.54) is 0 Å². The van der Waals surface area contributed by atoms with E-state index in [-0.39, 0.29) is 17.2 Å². The van der Waals surface area contributed by atoms with Crippen LogP contribution in [0.2, 0.25) is 0 Å². The number of nitrogens with one attached hydrogen (secondary N) is 2. The molecule has 4 rings (SSSR count). The van der Waals surface area contributed by atoms with Gasteiger partial charge < -0.3 is 15.3 Å². The molecule has 3 amide bonds. The predicted octanol–water partition coefficient (Wildman–Crippen LogP) is 6.17. The normalized spacial score (nSPS) is 13.4. The van der Waals surface area contributed by atoms with Crippen LogP contribution in [0, 0.1) is 0 Å². The lowest BCUT2D eigenvalue weighted by molar-refractivity contribution is -0.112. The number of nitrogens with zero attached hydrogens (tertiary/aromatic N) is 2. The minimum absolute atomic E-state index is 0.215. The molecule has 0 bridgehead atoms. The lowest BCUT2D eigenvalue weighted by atomic mass is 10.1. The van der Waals surface area contributed by atoms with Crippen LogP contribution in [-0.4, -0.2) is 41.0 Å². The standard InChI is InChI=1S/C30H32N4O4S/c1-2-3-7-18-34-26-17-16-24(39-19-8-9-21-12-14-22(15-13-21)29(36)37)20-25(26)27(28(34)35)32-33-30(38)31-23-10-5-4-6-11-23/h4-6,10-17,20H,2-3,7-9,18-19H2,1H3,(H,36,37)(H2,31,33,38)/b32-27+. The highest BCUT2D eigenvalue weighted by Gasteiger charge is 2.34. The van der Waals surface area contributed by atoms with Gasteiger partial charge in [0.1, 0.15) is 0 Å². The second-order valence-corrected chi connectivity index (χ2v) is 10.4. The number of hydrazone groups is 1. The summed E-state index contributed by atoms with van der Waals surface area (Å²) in [4.78, 5) is 39.5. The third kappa shape index (κ3) is 7.48. The van der Waals surface area contributed by atoms with Gasteiger partial charge in [0, 0.05) is 22.7 Å². The molecule has 39 heavy (non-hydrogen) atoms. The van der Waals surface area contributed by atoms with Crippen LogP contribution in [0.15, 0.2) is 82.8 Å². The van der Waals surface area contributed by atoms with Gasteiger partial charge in [-0.15, -0.1) is 11.8 Å². The number of carboxylic acid groups (broad SMARTS) is 1. The van der Waals surface area contributed by atoms with E-state index in [4.69, 9.17) is 5.11 Å². The first-order valence-corrected chi connectivity index (χ1v) is 14.1. The monoisotopic (exact) mass is 544 g/mol. The van der Waals surface area contributed by atoms with Gasteiger partial charge in [-0.25, -0.2) is 15.0 Å². The molecule has 1 heterocycles. The summed E-state index contributed by atoms with van der Waals surface area (Å²) in [7, 11) is 0. The van der Waals surface area contributed by atoms with Gasteiger partial charge in [0.15, 0.2) is 5.71 Å². The molecule has 8 nitrogen and oxygen atoms in total. The summed E-state index contributed by atoms with van der Waals surface area (Å²) in [6, 6.07) is 21.4. The Hall–Kier alpha value is -4.11. The lowest BCUT2D eigenvalue weighted by Crippen LogP contribution is -2.33. The number of carbonyl (C=O) groups excluding carboxylic acids is 2. The van der Waals surface area contributed by atoms with Gasteiger partial charge in [0.2, 0.25) is 0 Å². The van der Waals surface area contributed by atoms with E-state index in [1.54, 1.807) is 40.9 Å². The molecule has 9 heteroatoms. The number of hydrogen-bond acceptors (Lipinski definition) is 5. The van der Waals surface area contributed by atoms with E-state index in [1.807, 2.05) is 48.5 Å². The molecule has 0 radical (unpaired) electrons. The number of unbranched alkanes of at least 4 members (excludes halogenated alkanes) is 2. The van der Waals surface area contributed by atoms with Crippen molar-refractivity contribution in [3.63, 3.8) is 0 Å². The highest BCUT2D eigenvalue weighted by molar-refractivity contribution is 7.99. The zero-order chi connectivity index (χ0) is 27.6. The highest BCUT2D eigenvalue weighted by atomic mass is 32.2. The molecule has 3 aromatic carbocycles. The molecule has 0 unspecified atom stereocenters. The van der Waals surface area contributed by atoms with Crippen LogP contribution < -0.4 is 15.6 Å². The van der Waals surface area contributed by atoms with Gasteiger partial charge in [-0.05, 0) is 73.0 Å². The number of hydrogen-bond donors (Lipinski definition) is 3. The fourth-order valence-corrected chi connectivity index (χ4v) is 5.19. The quantitative estimate of drug-likeness (QED) is 0.143. The van der Waals surface area contributed by atoms with Gasteiger partial charge >= 0.3 is 12.0 Å². The molecule has 1 aliphatic rings. The average molecular weight is 545 g/mol.